The van der Waals surface area contributed by atoms with Crippen LogP contribution in [0.5, 0.6) is 11.5 Å². The zero-order chi connectivity index (χ0) is 39.3. The Labute approximate surface area is 350 Å². The Bertz CT molecular complexity index is 3310. The van der Waals surface area contributed by atoms with E-state index in [4.69, 9.17) is 14.1 Å². The molecule has 0 aliphatic heterocycles. The summed E-state index contributed by atoms with van der Waals surface area (Å²) in [6.45, 7) is 0. The number of para-hydroxylation sites is 4. The van der Waals surface area contributed by atoms with E-state index < -0.39 is 0 Å². The number of aromatic nitrogens is 4. The van der Waals surface area contributed by atoms with E-state index in [2.05, 4.69) is 191 Å². The van der Waals surface area contributed by atoms with Crippen LogP contribution in [0.4, 0.5) is 0 Å². The third kappa shape index (κ3) is 6.08. The number of imidazole rings is 1. The molecule has 11 aromatic rings. The molecule has 0 aliphatic carbocycles. The number of ether oxygens (including phenoxy) is 1. The molecule has 6 nitrogen and oxygen atoms in total. The first-order valence-electron chi connectivity index (χ1n) is 19.4. The van der Waals surface area contributed by atoms with E-state index in [9.17, 15) is 0 Å². The number of hydrogen-bond acceptors (Lipinski definition) is 3. The molecule has 11 rings (SSSR count). The quantitative estimate of drug-likeness (QED) is 0.152. The minimum absolute atomic E-state index is 0.734. The molecule has 0 N–H and O–H groups in total. The first-order chi connectivity index (χ1) is 29.2. The van der Waals surface area contributed by atoms with Crippen molar-refractivity contribution in [1.82, 2.24) is 18.7 Å². The van der Waals surface area contributed by atoms with Gasteiger partial charge in [0.1, 0.15) is 5.76 Å². The Kier molecular flexibility index (Phi) is 8.64. The third-order valence-corrected chi connectivity index (χ3v) is 11.9. The first-order valence-corrected chi connectivity index (χ1v) is 20.6. The summed E-state index contributed by atoms with van der Waals surface area (Å²) >= 11 is 2.49. The van der Waals surface area contributed by atoms with E-state index in [0.717, 1.165) is 98.9 Å². The fourth-order valence-corrected chi connectivity index (χ4v) is 9.34. The summed E-state index contributed by atoms with van der Waals surface area (Å²) in [6, 6.07) is 67.5. The van der Waals surface area contributed by atoms with Crippen LogP contribution < -0.4 is 4.74 Å². The van der Waals surface area contributed by atoms with Gasteiger partial charge in [0.05, 0.1) is 6.26 Å². The monoisotopic (exact) mass is 941 g/mol. The summed E-state index contributed by atoms with van der Waals surface area (Å²) in [4.78, 5) is 4.90. The Morgan fingerprint density at radius 2 is 1.10 bits per heavy atom. The van der Waals surface area contributed by atoms with Gasteiger partial charge in [-0.15, -0.1) is 0 Å². The molecule has 0 bridgehead atoms. The molecule has 0 amide bonds. The fourth-order valence-electron chi connectivity index (χ4n) is 8.25. The number of nitrogens with zero attached hydrogens (tertiary/aromatic N) is 4. The van der Waals surface area contributed by atoms with Crippen molar-refractivity contribution in [3.8, 4) is 62.3 Å². The zero-order valence-electron chi connectivity index (χ0n) is 31.6. The zero-order valence-corrected chi connectivity index (χ0v) is 33.8. The van der Waals surface area contributed by atoms with Crippen molar-refractivity contribution in [3.63, 3.8) is 0 Å². The van der Waals surface area contributed by atoms with Crippen molar-refractivity contribution in [2.45, 2.75) is 0 Å². The molecule has 4 heterocycles. The second-order valence-electron chi connectivity index (χ2n) is 14.3. The second kappa shape index (κ2) is 14.6. The van der Waals surface area contributed by atoms with Crippen LogP contribution in [-0.4, -0.2) is 18.7 Å². The molecule has 0 saturated heterocycles. The van der Waals surface area contributed by atoms with Crippen LogP contribution in [-0.2, 0) is 19.4 Å². The van der Waals surface area contributed by atoms with Gasteiger partial charge in [-0.1, -0.05) is 12.1 Å². The summed E-state index contributed by atoms with van der Waals surface area (Å²) in [6.07, 6.45) is 3.54. The van der Waals surface area contributed by atoms with E-state index in [-0.39, 0.29) is 0 Å². The van der Waals surface area contributed by atoms with Crippen LogP contribution in [0.3, 0.4) is 0 Å². The van der Waals surface area contributed by atoms with E-state index in [1.165, 1.54) is 0 Å². The summed E-state index contributed by atoms with van der Waals surface area (Å²) in [5.74, 6) is 3.07. The molecule has 0 saturated carbocycles. The van der Waals surface area contributed by atoms with Crippen molar-refractivity contribution in [3.05, 3.63) is 210 Å². The van der Waals surface area contributed by atoms with Gasteiger partial charge in [-0.2, -0.15) is 0 Å². The Hall–Kier alpha value is -7.27. The van der Waals surface area contributed by atoms with E-state index in [0.29, 0.717) is 0 Å². The van der Waals surface area contributed by atoms with Crippen molar-refractivity contribution >= 4 is 32.8 Å². The van der Waals surface area contributed by atoms with Crippen molar-refractivity contribution in [2.75, 3.05) is 0 Å². The van der Waals surface area contributed by atoms with Crippen LogP contribution in [0.15, 0.2) is 211 Å². The van der Waals surface area contributed by atoms with Gasteiger partial charge in [-0.05, 0) is 18.2 Å². The molecular weight excluding hydrogens is 908 g/mol. The van der Waals surface area contributed by atoms with Crippen LogP contribution in [0, 0.1) is 3.80 Å². The molecule has 0 fully saturated rings. The number of furan rings is 1. The Morgan fingerprint density at radius 1 is 0.458 bits per heavy atom. The second-order valence-corrected chi connectivity index (χ2v) is 15.4. The predicted molar refractivity (Wildman–Crippen MR) is 233 cm³/mol. The number of fused-ring (bicyclic) bond motifs is 4. The van der Waals surface area contributed by atoms with Gasteiger partial charge in [-0.25, -0.2) is 0 Å². The maximum atomic E-state index is 6.73. The molecule has 0 spiro atoms. The first kappa shape index (κ1) is 34.9. The average molecular weight is 942 g/mol. The third-order valence-electron chi connectivity index (χ3n) is 10.9. The molecule has 7 aromatic carbocycles. The molecule has 59 heavy (non-hydrogen) atoms. The standard InChI is InChI=1S/C52H34N4O2.Pt/c1-3-14-36(15-4-1)42-21-12-22-43(37-16-5-2-6-17-37)52(42)55-35-54(47-24-9-10-25-48(47)55)39-18-11-19-40(32-39)58-41-28-29-45-44-20-7-8-23-46(44)56(49(45)33-41)51-30-27-38(34-53-51)50-26-13-31-57-50;/h1-34H;. The van der Waals surface area contributed by atoms with Gasteiger partial charge < -0.3 is 4.42 Å². The molecule has 0 atom stereocenters. The Balaban J connectivity index is 1.03. The summed E-state index contributed by atoms with van der Waals surface area (Å²) < 4.78 is 20.3. The van der Waals surface area contributed by atoms with Gasteiger partial charge in [0.25, 0.3) is 0 Å². The molecule has 4 aromatic heterocycles. The van der Waals surface area contributed by atoms with Crippen molar-refractivity contribution < 1.29 is 28.5 Å². The number of hydrogen-bond donors (Lipinski definition) is 0. The van der Waals surface area contributed by atoms with Crippen LogP contribution in [0.1, 0.15) is 0 Å². The van der Waals surface area contributed by atoms with Crippen molar-refractivity contribution in [2.24, 2.45) is 0 Å². The number of benzene rings is 7. The Morgan fingerprint density at radius 3 is 1.80 bits per heavy atom. The normalized spacial score (nSPS) is 11.5. The average Bonchev–Trinajstić information content (AvgIpc) is 4.02. The fraction of sp³-hybridized carbons (Fsp3) is 0. The molecule has 284 valence electrons. The number of rotatable bonds is 8. The van der Waals surface area contributed by atoms with Crippen molar-refractivity contribution in [1.29, 1.82) is 0 Å². The van der Waals surface area contributed by atoms with E-state index >= 15 is 0 Å². The SMILES string of the molecule is [Pt]=[c]1n(-c2cccc(Oc3ccc4c5ccccc5n(-c5ccc(-c6ccco6)cn5)c4c3)c2)c2ccccc2n1-c1c(-c2ccccc2)cccc1-c1ccccc1. The molecule has 7 heteroatoms. The molecule has 0 aliphatic rings. The number of pyridine rings is 1. The summed E-state index contributed by atoms with van der Waals surface area (Å²) in [5.41, 5.74) is 12.0. The topological polar surface area (TPSA) is 50.1 Å². The van der Waals surface area contributed by atoms with E-state index in [1.807, 2.05) is 42.6 Å². The maximum absolute atomic E-state index is 6.73. The summed E-state index contributed by atoms with van der Waals surface area (Å²) in [7, 11) is 0. The summed E-state index contributed by atoms with van der Waals surface area (Å²) in [5, 5.41) is 2.28. The van der Waals surface area contributed by atoms with Gasteiger partial charge in [0.15, 0.2) is 0 Å². The minimum atomic E-state index is 0.734. The van der Waals surface area contributed by atoms with Crippen LogP contribution >= 0.6 is 0 Å². The van der Waals surface area contributed by atoms with Gasteiger partial charge in [0, 0.05) is 11.8 Å². The molecule has 0 unspecified atom stereocenters. The van der Waals surface area contributed by atoms with Crippen LogP contribution in [0.25, 0.3) is 83.6 Å². The van der Waals surface area contributed by atoms with E-state index in [1.54, 1.807) is 6.26 Å². The van der Waals surface area contributed by atoms with Gasteiger partial charge in [-0.3, -0.25) is 0 Å². The van der Waals surface area contributed by atoms with Gasteiger partial charge in [0.2, 0.25) is 0 Å². The molecular formula is C52H34N4O2Pt. The van der Waals surface area contributed by atoms with Gasteiger partial charge >= 0.3 is 294 Å². The van der Waals surface area contributed by atoms with Crippen LogP contribution in [0.2, 0.25) is 0 Å². The molecule has 0 radical (unpaired) electrons. The predicted octanol–water partition coefficient (Wildman–Crippen LogP) is 13.4.